The van der Waals surface area contributed by atoms with Gasteiger partial charge in [0.1, 0.15) is 12.2 Å². The molecule has 0 aromatic heterocycles. The number of ether oxygens (including phenoxy) is 2. The van der Waals surface area contributed by atoms with Crippen molar-refractivity contribution in [1.29, 1.82) is 0 Å². The number of nitrogens with one attached hydrogen (secondary N) is 1. The number of amides is 2. The number of hydrogen-bond donors (Lipinski definition) is 2. The van der Waals surface area contributed by atoms with Crippen LogP contribution >= 0.6 is 12.6 Å². The number of nitrogens with zero attached hydrogens (tertiary/aromatic N) is 1. The molecule has 1 rings (SSSR count). The summed E-state index contributed by atoms with van der Waals surface area (Å²) >= 11 is 3.43. The molecule has 1 N–H and O–H groups in total. The van der Waals surface area contributed by atoms with Crippen LogP contribution in [0.3, 0.4) is 0 Å². The maximum atomic E-state index is 11.7. The van der Waals surface area contributed by atoms with Gasteiger partial charge in [0.2, 0.25) is 5.91 Å². The maximum Gasteiger partial charge on any atom is 0.410 e. The molecule has 2 amide bonds. The molecular weight excluding hydrogens is 344 g/mol. The molecular formula is C17H30N2O5S. The first-order valence-electron chi connectivity index (χ1n) is 8.17. The standard InChI is InChI=1S/C12H20N2O3.C5H10O2S/c1-4-5-17-12(16)14-8-9(2)6-11(14)7-13-10(3)15;1-5(2,3)7-4(6)8/h4,9,11H,1,5-8H2,2-3H3,(H,13,15);1-3H3,(H,6,8)/t9-,11-;/m0./s1. The summed E-state index contributed by atoms with van der Waals surface area (Å²) in [6, 6.07) is 0.0335. The Kier molecular flexibility index (Phi) is 10.3. The zero-order valence-corrected chi connectivity index (χ0v) is 16.6. The quantitative estimate of drug-likeness (QED) is 0.449. The zero-order chi connectivity index (χ0) is 19.6. The molecule has 0 saturated carbocycles. The molecule has 1 aliphatic rings. The van der Waals surface area contributed by atoms with Crippen LogP contribution in [0, 0.1) is 5.92 Å². The Labute approximate surface area is 155 Å². The predicted octanol–water partition coefficient (Wildman–Crippen LogP) is 3.01. The molecule has 7 nitrogen and oxygen atoms in total. The second-order valence-corrected chi connectivity index (χ2v) is 7.30. The Morgan fingerprint density at radius 3 is 2.36 bits per heavy atom. The Hall–Kier alpha value is -1.70. The number of hydrogen-bond acceptors (Lipinski definition) is 5. The smallest absolute Gasteiger partial charge is 0.410 e. The molecule has 0 aliphatic carbocycles. The SMILES string of the molecule is C=CCOC(=O)N1C[C@@H](C)C[C@H]1CNC(C)=O.CC(C)(C)OC(=O)S. The van der Waals surface area contributed by atoms with Crippen LogP contribution in [0.15, 0.2) is 12.7 Å². The molecule has 8 heteroatoms. The molecule has 1 saturated heterocycles. The first kappa shape index (κ1) is 23.3. The Morgan fingerprint density at radius 1 is 1.36 bits per heavy atom. The minimum absolute atomic E-state index is 0.0335. The van der Waals surface area contributed by atoms with E-state index in [0.29, 0.717) is 19.0 Å². The maximum absolute atomic E-state index is 11.7. The highest BCUT2D eigenvalue weighted by Crippen LogP contribution is 2.23. The number of thiol groups is 1. The van der Waals surface area contributed by atoms with Gasteiger partial charge in [0.05, 0.1) is 6.04 Å². The zero-order valence-electron chi connectivity index (χ0n) is 15.7. The summed E-state index contributed by atoms with van der Waals surface area (Å²) in [5.74, 6) is 0.356. The summed E-state index contributed by atoms with van der Waals surface area (Å²) in [4.78, 5) is 34.4. The fraction of sp³-hybridized carbons (Fsp3) is 0.706. The van der Waals surface area contributed by atoms with Crippen LogP contribution in [0.25, 0.3) is 0 Å². The van der Waals surface area contributed by atoms with Crippen LogP contribution < -0.4 is 5.32 Å². The lowest BCUT2D eigenvalue weighted by atomic mass is 10.1. The lowest BCUT2D eigenvalue weighted by Gasteiger charge is -2.23. The van der Waals surface area contributed by atoms with Gasteiger partial charge in [0.25, 0.3) is 0 Å². The molecule has 0 radical (unpaired) electrons. The third-order valence-corrected chi connectivity index (χ3v) is 3.25. The summed E-state index contributed by atoms with van der Waals surface area (Å²) in [7, 11) is 0. The van der Waals surface area contributed by atoms with E-state index in [4.69, 9.17) is 4.74 Å². The van der Waals surface area contributed by atoms with Crippen LogP contribution in [-0.4, -0.2) is 53.5 Å². The lowest BCUT2D eigenvalue weighted by Crippen LogP contribution is -2.43. The van der Waals surface area contributed by atoms with Crippen molar-refractivity contribution in [2.45, 2.75) is 52.7 Å². The Bertz CT molecular complexity index is 476. The van der Waals surface area contributed by atoms with E-state index in [9.17, 15) is 14.4 Å². The molecule has 1 heterocycles. The average Bonchev–Trinajstić information content (AvgIpc) is 2.81. The topological polar surface area (TPSA) is 84.9 Å². The molecule has 0 spiro atoms. The highest BCUT2D eigenvalue weighted by molar-refractivity contribution is 7.96. The van der Waals surface area contributed by atoms with Crippen LogP contribution in [0.1, 0.15) is 41.0 Å². The van der Waals surface area contributed by atoms with E-state index >= 15 is 0 Å². The molecule has 0 aromatic rings. The van der Waals surface area contributed by atoms with Crippen LogP contribution in [0.2, 0.25) is 0 Å². The van der Waals surface area contributed by atoms with Crippen LogP contribution in [0.5, 0.6) is 0 Å². The van der Waals surface area contributed by atoms with Gasteiger partial charge in [-0.3, -0.25) is 4.79 Å². The number of carbonyl (C=O) groups excluding carboxylic acids is 3. The fourth-order valence-corrected chi connectivity index (χ4v) is 2.58. The van der Waals surface area contributed by atoms with Crippen molar-refractivity contribution in [3.63, 3.8) is 0 Å². The van der Waals surface area contributed by atoms with Gasteiger partial charge < -0.3 is 19.7 Å². The summed E-state index contributed by atoms with van der Waals surface area (Å²) in [5.41, 5.74) is -0.404. The largest absolute Gasteiger partial charge is 0.452 e. The van der Waals surface area contributed by atoms with E-state index in [0.717, 1.165) is 6.42 Å². The summed E-state index contributed by atoms with van der Waals surface area (Å²) < 4.78 is 9.68. The van der Waals surface area contributed by atoms with E-state index in [2.05, 4.69) is 36.2 Å². The van der Waals surface area contributed by atoms with Gasteiger partial charge in [-0.05, 0) is 33.1 Å². The highest BCUT2D eigenvalue weighted by Gasteiger charge is 2.33. The minimum Gasteiger partial charge on any atom is -0.452 e. The monoisotopic (exact) mass is 374 g/mol. The van der Waals surface area contributed by atoms with Crippen LogP contribution in [0.4, 0.5) is 9.59 Å². The van der Waals surface area contributed by atoms with Gasteiger partial charge in [-0.2, -0.15) is 0 Å². The molecule has 0 aromatic carbocycles. The Morgan fingerprint density at radius 2 is 1.96 bits per heavy atom. The van der Waals surface area contributed by atoms with Gasteiger partial charge >= 0.3 is 11.4 Å². The Balaban J connectivity index is 0.000000609. The van der Waals surface area contributed by atoms with Crippen molar-refractivity contribution >= 4 is 29.9 Å². The van der Waals surface area contributed by atoms with Gasteiger partial charge in [-0.1, -0.05) is 32.2 Å². The normalized spacial score (nSPS) is 19.4. The highest BCUT2D eigenvalue weighted by atomic mass is 32.1. The molecule has 0 unspecified atom stereocenters. The molecule has 1 aliphatic heterocycles. The van der Waals surface area contributed by atoms with Crippen molar-refractivity contribution in [2.75, 3.05) is 19.7 Å². The van der Waals surface area contributed by atoms with Crippen molar-refractivity contribution in [1.82, 2.24) is 10.2 Å². The third kappa shape index (κ3) is 11.5. The van der Waals surface area contributed by atoms with Gasteiger partial charge in [-0.25, -0.2) is 9.59 Å². The van der Waals surface area contributed by atoms with E-state index < -0.39 is 10.9 Å². The summed E-state index contributed by atoms with van der Waals surface area (Å²) in [6.45, 7) is 13.8. The lowest BCUT2D eigenvalue weighted by molar-refractivity contribution is -0.119. The van der Waals surface area contributed by atoms with Gasteiger partial charge in [0.15, 0.2) is 0 Å². The number of likely N-dealkylation sites (tertiary alicyclic amines) is 1. The van der Waals surface area contributed by atoms with Crippen molar-refractivity contribution in [3.05, 3.63) is 12.7 Å². The average molecular weight is 375 g/mol. The minimum atomic E-state index is -0.530. The molecule has 0 bridgehead atoms. The van der Waals surface area contributed by atoms with Gasteiger partial charge in [0, 0.05) is 20.0 Å². The van der Waals surface area contributed by atoms with Crippen molar-refractivity contribution < 1.29 is 23.9 Å². The van der Waals surface area contributed by atoms with E-state index in [1.165, 1.54) is 6.92 Å². The number of rotatable bonds is 4. The molecule has 2 atom stereocenters. The van der Waals surface area contributed by atoms with Gasteiger partial charge in [-0.15, -0.1) is 0 Å². The van der Waals surface area contributed by atoms with E-state index in [1.807, 2.05) is 0 Å². The van der Waals surface area contributed by atoms with E-state index in [-0.39, 0.29) is 24.6 Å². The summed E-state index contributed by atoms with van der Waals surface area (Å²) in [6.07, 6.45) is 2.11. The summed E-state index contributed by atoms with van der Waals surface area (Å²) in [5, 5.41) is 2.21. The number of carbonyl (C=O) groups is 3. The fourth-order valence-electron chi connectivity index (χ4n) is 2.30. The second kappa shape index (κ2) is 11.0. The molecule has 144 valence electrons. The van der Waals surface area contributed by atoms with E-state index in [1.54, 1.807) is 31.7 Å². The van der Waals surface area contributed by atoms with Crippen molar-refractivity contribution in [2.24, 2.45) is 5.92 Å². The first-order valence-corrected chi connectivity index (χ1v) is 8.61. The predicted molar refractivity (Wildman–Crippen MR) is 99.7 cm³/mol. The van der Waals surface area contributed by atoms with Crippen molar-refractivity contribution in [3.8, 4) is 0 Å². The first-order chi connectivity index (χ1) is 11.5. The third-order valence-electron chi connectivity index (χ3n) is 3.16. The van der Waals surface area contributed by atoms with Crippen LogP contribution in [-0.2, 0) is 14.3 Å². The molecule has 25 heavy (non-hydrogen) atoms. The second-order valence-electron chi connectivity index (χ2n) is 6.93. The molecule has 1 fully saturated rings.